The number of ether oxygens (including phenoxy) is 2. The summed E-state index contributed by atoms with van der Waals surface area (Å²) < 4.78 is 12.1. The smallest absolute Gasteiger partial charge is 0.246 e. The molecule has 0 radical (unpaired) electrons. The van der Waals surface area contributed by atoms with Gasteiger partial charge in [-0.15, -0.1) is 11.3 Å². The number of fused-ring (bicyclic) bond motifs is 3. The van der Waals surface area contributed by atoms with Gasteiger partial charge in [-0.25, -0.2) is 4.98 Å². The number of aromatic nitrogens is 1. The molecule has 3 aliphatic rings. The highest BCUT2D eigenvalue weighted by molar-refractivity contribution is 7.19. The number of rotatable bonds is 6. The van der Waals surface area contributed by atoms with E-state index >= 15 is 0 Å². The third-order valence-corrected chi connectivity index (χ3v) is 8.30. The quantitative estimate of drug-likeness (QED) is 0.709. The second-order valence-corrected chi connectivity index (χ2v) is 10.1. The van der Waals surface area contributed by atoms with Crippen LogP contribution in [0, 0.1) is 0 Å². The van der Waals surface area contributed by atoms with Crippen LogP contribution in [0.2, 0.25) is 0 Å². The molecule has 8 heteroatoms. The normalized spacial score (nSPS) is 27.8. The number of nitrogens with zero attached hydrogens (tertiary/aromatic N) is 2. The summed E-state index contributed by atoms with van der Waals surface area (Å²) in [6, 6.07) is 2.62. The molecule has 0 unspecified atom stereocenters. The van der Waals surface area contributed by atoms with Crippen molar-refractivity contribution in [1.29, 1.82) is 0 Å². The van der Waals surface area contributed by atoms with E-state index in [1.807, 2.05) is 12.3 Å². The third-order valence-electron chi connectivity index (χ3n) is 7.13. The molecule has 7 nitrogen and oxygen atoms in total. The van der Waals surface area contributed by atoms with E-state index < -0.39 is 12.0 Å². The van der Waals surface area contributed by atoms with Crippen LogP contribution in [0.1, 0.15) is 54.9 Å². The number of aliphatic hydroxyl groups is 1. The van der Waals surface area contributed by atoms with Gasteiger partial charge in [0.25, 0.3) is 0 Å². The molecule has 1 amide bonds. The molecule has 1 aliphatic heterocycles. The first-order chi connectivity index (χ1) is 15.1. The van der Waals surface area contributed by atoms with Gasteiger partial charge in [-0.2, -0.15) is 0 Å². The Morgan fingerprint density at radius 2 is 2.06 bits per heavy atom. The first-order valence-corrected chi connectivity index (χ1v) is 12.3. The van der Waals surface area contributed by atoms with Crippen LogP contribution in [0.3, 0.4) is 0 Å². The highest BCUT2D eigenvalue weighted by Gasteiger charge is 2.33. The molecule has 0 bridgehead atoms. The minimum atomic E-state index is -1.11. The van der Waals surface area contributed by atoms with Gasteiger partial charge in [0.05, 0.1) is 24.7 Å². The van der Waals surface area contributed by atoms with Crippen molar-refractivity contribution in [3.8, 4) is 5.75 Å². The minimum absolute atomic E-state index is 0.120. The van der Waals surface area contributed by atoms with Gasteiger partial charge in [0, 0.05) is 30.2 Å². The van der Waals surface area contributed by atoms with Crippen molar-refractivity contribution in [2.24, 2.45) is 5.73 Å². The highest BCUT2D eigenvalue weighted by Crippen LogP contribution is 2.48. The zero-order valence-corrected chi connectivity index (χ0v) is 18.6. The monoisotopic (exact) mass is 445 g/mol. The summed E-state index contributed by atoms with van der Waals surface area (Å²) in [5, 5.41) is 11.1. The summed E-state index contributed by atoms with van der Waals surface area (Å²) in [5.41, 5.74) is 6.52. The lowest BCUT2D eigenvalue weighted by Gasteiger charge is -2.38. The standard InChI is InChI=1S/C23H31N3O4S/c24-22(28)17(27)13-14-1-6-19-20(14)21-18(7-8-25-23(21)31-19)30-16-4-2-15(3-5-16)26-9-11-29-12-10-26/h7-8,14-17,27H,1-6,9-13H2,(H2,24,28)/t14-,15-,16-,17+/m1/s1. The second kappa shape index (κ2) is 9.02. The van der Waals surface area contributed by atoms with Crippen molar-refractivity contribution in [3.63, 3.8) is 0 Å². The number of aryl methyl sites for hydroxylation is 1. The molecular weight excluding hydrogens is 414 g/mol. The van der Waals surface area contributed by atoms with Crippen molar-refractivity contribution in [1.82, 2.24) is 9.88 Å². The first kappa shape index (κ1) is 21.1. The molecule has 0 spiro atoms. The summed E-state index contributed by atoms with van der Waals surface area (Å²) in [5.74, 6) is 0.368. The van der Waals surface area contributed by atoms with E-state index in [2.05, 4.69) is 9.88 Å². The summed E-state index contributed by atoms with van der Waals surface area (Å²) >= 11 is 1.71. The number of hydrogen-bond acceptors (Lipinski definition) is 7. The maximum absolute atomic E-state index is 11.4. The minimum Gasteiger partial charge on any atom is -0.490 e. The average molecular weight is 446 g/mol. The number of nitrogens with two attached hydrogens (primary N) is 1. The number of thiophene rings is 1. The lowest BCUT2D eigenvalue weighted by atomic mass is 9.91. The number of aliphatic hydroxyl groups excluding tert-OH is 1. The Morgan fingerprint density at radius 1 is 1.29 bits per heavy atom. The van der Waals surface area contributed by atoms with Crippen LogP contribution < -0.4 is 10.5 Å². The van der Waals surface area contributed by atoms with Crippen LogP contribution in [0.5, 0.6) is 5.75 Å². The number of pyridine rings is 1. The molecular formula is C23H31N3O4S. The number of amides is 1. The summed E-state index contributed by atoms with van der Waals surface area (Å²) in [7, 11) is 0. The van der Waals surface area contributed by atoms with E-state index in [1.54, 1.807) is 11.3 Å². The van der Waals surface area contributed by atoms with Gasteiger partial charge in [-0.3, -0.25) is 9.69 Å². The molecule has 2 atom stereocenters. The second-order valence-electron chi connectivity index (χ2n) is 9.01. The molecule has 2 fully saturated rings. The zero-order valence-electron chi connectivity index (χ0n) is 17.8. The van der Waals surface area contributed by atoms with E-state index in [0.717, 1.165) is 80.8 Å². The Morgan fingerprint density at radius 3 is 2.81 bits per heavy atom. The fourth-order valence-electron chi connectivity index (χ4n) is 5.50. The van der Waals surface area contributed by atoms with Crippen LogP contribution in [0.4, 0.5) is 0 Å². The van der Waals surface area contributed by atoms with Gasteiger partial charge in [-0.1, -0.05) is 0 Å². The van der Waals surface area contributed by atoms with Gasteiger partial charge in [0.15, 0.2) is 0 Å². The summed E-state index contributed by atoms with van der Waals surface area (Å²) in [6.07, 6.45) is 7.63. The summed E-state index contributed by atoms with van der Waals surface area (Å²) in [4.78, 5) is 20.8. The maximum Gasteiger partial charge on any atom is 0.246 e. The van der Waals surface area contributed by atoms with Gasteiger partial charge in [-0.05, 0) is 62.5 Å². The van der Waals surface area contributed by atoms with Crippen molar-refractivity contribution < 1.29 is 19.4 Å². The Hall–Kier alpha value is -1.74. The van der Waals surface area contributed by atoms with E-state index in [0.29, 0.717) is 12.5 Å². The van der Waals surface area contributed by atoms with Crippen LogP contribution in [0.25, 0.3) is 10.2 Å². The number of hydrogen-bond donors (Lipinski definition) is 2. The Bertz CT molecular complexity index is 934. The van der Waals surface area contributed by atoms with E-state index in [-0.39, 0.29) is 12.0 Å². The third kappa shape index (κ3) is 4.31. The fraction of sp³-hybridized carbons (Fsp3) is 0.652. The predicted molar refractivity (Wildman–Crippen MR) is 120 cm³/mol. The zero-order chi connectivity index (χ0) is 21.4. The summed E-state index contributed by atoms with van der Waals surface area (Å²) in [6.45, 7) is 3.78. The Labute approximate surface area is 186 Å². The molecule has 168 valence electrons. The van der Waals surface area contributed by atoms with E-state index in [9.17, 15) is 9.90 Å². The predicted octanol–water partition coefficient (Wildman–Crippen LogP) is 2.58. The van der Waals surface area contributed by atoms with Gasteiger partial charge in [0.2, 0.25) is 5.91 Å². The molecule has 2 aliphatic carbocycles. The van der Waals surface area contributed by atoms with Crippen molar-refractivity contribution in [2.75, 3.05) is 26.3 Å². The van der Waals surface area contributed by atoms with Crippen molar-refractivity contribution in [3.05, 3.63) is 22.7 Å². The SMILES string of the molecule is NC(=O)[C@@H](O)C[C@H]1CCc2sc3nccc(O[C@H]4CC[C@H](N5CCOCC5)CC4)c3c21. The number of carbonyl (C=O) groups is 1. The molecule has 5 rings (SSSR count). The van der Waals surface area contributed by atoms with Crippen molar-refractivity contribution >= 4 is 27.5 Å². The van der Waals surface area contributed by atoms with E-state index in [4.69, 9.17) is 15.2 Å². The van der Waals surface area contributed by atoms with Crippen LogP contribution in [-0.4, -0.2) is 65.5 Å². The van der Waals surface area contributed by atoms with Crippen LogP contribution in [-0.2, 0) is 16.0 Å². The van der Waals surface area contributed by atoms with Crippen LogP contribution in [0.15, 0.2) is 12.3 Å². The number of carbonyl (C=O) groups excluding carboxylic acids is 1. The topological polar surface area (TPSA) is 97.9 Å². The van der Waals surface area contributed by atoms with Crippen molar-refractivity contribution in [2.45, 2.75) is 69.1 Å². The molecule has 31 heavy (non-hydrogen) atoms. The molecule has 0 aromatic carbocycles. The van der Waals surface area contributed by atoms with Gasteiger partial charge >= 0.3 is 0 Å². The Kier molecular flexibility index (Phi) is 6.14. The lowest BCUT2D eigenvalue weighted by molar-refractivity contribution is -0.126. The first-order valence-electron chi connectivity index (χ1n) is 11.5. The highest BCUT2D eigenvalue weighted by atomic mass is 32.1. The average Bonchev–Trinajstić information content (AvgIpc) is 3.35. The molecule has 1 saturated carbocycles. The fourth-order valence-corrected chi connectivity index (χ4v) is 6.76. The molecule has 2 aromatic rings. The number of morpholine rings is 1. The van der Waals surface area contributed by atoms with Gasteiger partial charge in [0.1, 0.15) is 16.7 Å². The molecule has 2 aromatic heterocycles. The van der Waals surface area contributed by atoms with Crippen LogP contribution >= 0.6 is 11.3 Å². The largest absolute Gasteiger partial charge is 0.490 e. The van der Waals surface area contributed by atoms with E-state index in [1.165, 1.54) is 10.4 Å². The molecule has 1 saturated heterocycles. The maximum atomic E-state index is 11.4. The molecule has 3 N–H and O–H groups in total. The Balaban J connectivity index is 1.31. The molecule has 3 heterocycles. The lowest BCUT2D eigenvalue weighted by Crippen LogP contribution is -2.46. The van der Waals surface area contributed by atoms with Gasteiger partial charge < -0.3 is 20.3 Å². The number of primary amides is 1.